The second-order valence-corrected chi connectivity index (χ2v) is 6.44. The van der Waals surface area contributed by atoms with Crippen LogP contribution in [0.2, 0.25) is 0 Å². The quantitative estimate of drug-likeness (QED) is 0.582. The van der Waals surface area contributed by atoms with Crippen molar-refractivity contribution in [3.05, 3.63) is 81.3 Å². The molecular weight excluding hydrogens is 365 g/mol. The molecule has 1 atom stereocenters. The van der Waals surface area contributed by atoms with Crippen molar-refractivity contribution < 1.29 is 18.3 Å². The van der Waals surface area contributed by atoms with Crippen LogP contribution < -0.4 is 21.4 Å². The van der Waals surface area contributed by atoms with Gasteiger partial charge in [-0.1, -0.05) is 12.1 Å². The van der Waals surface area contributed by atoms with Crippen molar-refractivity contribution in [1.29, 1.82) is 5.26 Å². The van der Waals surface area contributed by atoms with Gasteiger partial charge in [-0.15, -0.1) is 0 Å². The summed E-state index contributed by atoms with van der Waals surface area (Å²) in [5.41, 5.74) is 3.24. The molecule has 2 aliphatic rings. The van der Waals surface area contributed by atoms with Gasteiger partial charge in [0.2, 0.25) is 11.8 Å². The number of nitrogens with two attached hydrogens (primary N) is 1. The lowest BCUT2D eigenvalue weighted by atomic mass is 9.69. The molecule has 8 heteroatoms. The second kappa shape index (κ2) is 5.20. The van der Waals surface area contributed by atoms with E-state index in [1.807, 2.05) is 6.07 Å². The molecule has 1 amide bonds. The number of nitrogens with one attached hydrogen (secondary N) is 1. The minimum atomic E-state index is -1.96. The molecule has 0 unspecified atom stereocenters. The molecule has 5 rings (SSSR count). The van der Waals surface area contributed by atoms with Crippen LogP contribution >= 0.6 is 0 Å². The molecule has 7 nitrogen and oxygen atoms in total. The smallest absolute Gasteiger partial charge is 0.345 e. The first-order valence-electron chi connectivity index (χ1n) is 8.24. The summed E-state index contributed by atoms with van der Waals surface area (Å²) in [5, 5.41) is 12.8. The Hall–Kier alpha value is -4.12. The van der Waals surface area contributed by atoms with E-state index in [4.69, 9.17) is 14.9 Å². The molecule has 0 aliphatic carbocycles. The Labute approximate surface area is 156 Å². The zero-order chi connectivity index (χ0) is 19.6. The summed E-state index contributed by atoms with van der Waals surface area (Å²) in [7, 11) is 0. The van der Waals surface area contributed by atoms with Crippen LogP contribution in [0.1, 0.15) is 11.1 Å². The molecule has 1 spiro atoms. The number of ether oxygens (including phenoxy) is 1. The van der Waals surface area contributed by atoms with Crippen molar-refractivity contribution in [2.24, 2.45) is 5.73 Å². The number of para-hydroxylation sites is 1. The Morgan fingerprint density at radius 3 is 2.75 bits per heavy atom. The van der Waals surface area contributed by atoms with E-state index in [1.165, 1.54) is 12.1 Å². The molecule has 0 radical (unpaired) electrons. The van der Waals surface area contributed by atoms with Crippen molar-refractivity contribution in [2.45, 2.75) is 5.41 Å². The number of hydrogen-bond acceptors (Lipinski definition) is 6. The molecule has 2 aliphatic heterocycles. The topological polar surface area (TPSA) is 118 Å². The zero-order valence-electron chi connectivity index (χ0n) is 14.1. The maximum atomic E-state index is 14.1. The van der Waals surface area contributed by atoms with Crippen LogP contribution in [0.3, 0.4) is 0 Å². The number of carbonyl (C=O) groups is 1. The van der Waals surface area contributed by atoms with E-state index >= 15 is 0 Å². The summed E-state index contributed by atoms with van der Waals surface area (Å²) in [5.74, 6) is -1.67. The van der Waals surface area contributed by atoms with Gasteiger partial charge >= 0.3 is 5.63 Å². The summed E-state index contributed by atoms with van der Waals surface area (Å²) < 4.78 is 25.1. The summed E-state index contributed by atoms with van der Waals surface area (Å²) in [6, 6.07) is 12.0. The minimum Gasteiger partial charge on any atom is -0.439 e. The number of benzene rings is 2. The third kappa shape index (κ3) is 1.75. The van der Waals surface area contributed by atoms with Crippen LogP contribution in [-0.4, -0.2) is 5.91 Å². The van der Waals surface area contributed by atoms with Gasteiger partial charge < -0.3 is 20.2 Å². The van der Waals surface area contributed by atoms with Gasteiger partial charge in [0.25, 0.3) is 0 Å². The molecular formula is C20H10FN3O4. The standard InChI is InChI=1S/C20H10FN3O4/c21-9-5-6-13-11(7-9)20(19(26)24-13)12(8-22)17(23)28-16-10-3-1-2-4-14(10)27-18(25)15(16)20/h1-7H,23H2,(H,24,26)/t20-/m1/s1. The fraction of sp³-hybridized carbons (Fsp3) is 0.0500. The lowest BCUT2D eigenvalue weighted by Crippen LogP contribution is -2.45. The number of carbonyl (C=O) groups excluding carboxylic acids is 1. The Morgan fingerprint density at radius 2 is 1.96 bits per heavy atom. The SMILES string of the molecule is N#CC1=C(N)Oc2c(c(=O)oc3ccccc23)[C@]12C(=O)Nc1ccc(F)cc12. The fourth-order valence-electron chi connectivity index (χ4n) is 3.93. The Bertz CT molecular complexity index is 1350. The fourth-order valence-corrected chi connectivity index (χ4v) is 3.93. The average Bonchev–Trinajstić information content (AvgIpc) is 2.94. The normalized spacial score (nSPS) is 19.8. The molecule has 3 heterocycles. The second-order valence-electron chi connectivity index (χ2n) is 6.44. The predicted octanol–water partition coefficient (Wildman–Crippen LogP) is 2.26. The monoisotopic (exact) mass is 375 g/mol. The maximum absolute atomic E-state index is 14.1. The van der Waals surface area contributed by atoms with E-state index in [-0.39, 0.29) is 39.6 Å². The van der Waals surface area contributed by atoms with Crippen molar-refractivity contribution in [3.8, 4) is 11.8 Å². The molecule has 0 saturated carbocycles. The highest BCUT2D eigenvalue weighted by atomic mass is 19.1. The first kappa shape index (κ1) is 16.1. The number of fused-ring (bicyclic) bond motifs is 6. The summed E-state index contributed by atoms with van der Waals surface area (Å²) in [4.78, 5) is 26.1. The van der Waals surface area contributed by atoms with Gasteiger partial charge in [0.05, 0.1) is 5.39 Å². The zero-order valence-corrected chi connectivity index (χ0v) is 14.1. The van der Waals surface area contributed by atoms with Gasteiger partial charge in [-0.25, -0.2) is 9.18 Å². The number of nitriles is 1. The molecule has 3 N–H and O–H groups in total. The molecule has 1 aromatic heterocycles. The van der Waals surface area contributed by atoms with Crippen LogP contribution in [0.25, 0.3) is 11.0 Å². The van der Waals surface area contributed by atoms with E-state index < -0.39 is 22.8 Å². The first-order valence-corrected chi connectivity index (χ1v) is 8.24. The summed E-state index contributed by atoms with van der Waals surface area (Å²) >= 11 is 0. The highest BCUT2D eigenvalue weighted by molar-refractivity contribution is 6.13. The van der Waals surface area contributed by atoms with Crippen molar-refractivity contribution in [1.82, 2.24) is 0 Å². The number of halogens is 1. The Morgan fingerprint density at radius 1 is 1.18 bits per heavy atom. The molecule has 3 aromatic rings. The predicted molar refractivity (Wildman–Crippen MR) is 95.7 cm³/mol. The van der Waals surface area contributed by atoms with Gasteiger partial charge in [-0.3, -0.25) is 4.79 Å². The molecule has 0 fully saturated rings. The van der Waals surface area contributed by atoms with E-state index in [0.717, 1.165) is 6.07 Å². The number of nitrogens with zero attached hydrogens (tertiary/aromatic N) is 1. The highest BCUT2D eigenvalue weighted by Gasteiger charge is 2.59. The van der Waals surface area contributed by atoms with Crippen molar-refractivity contribution in [3.63, 3.8) is 0 Å². The number of rotatable bonds is 0. The van der Waals surface area contributed by atoms with Gasteiger partial charge in [0.15, 0.2) is 11.2 Å². The minimum absolute atomic E-state index is 0.00983. The van der Waals surface area contributed by atoms with Gasteiger partial charge in [0.1, 0.15) is 28.6 Å². The van der Waals surface area contributed by atoms with E-state index in [0.29, 0.717) is 5.39 Å². The first-order chi connectivity index (χ1) is 13.5. The number of hydrogen-bond donors (Lipinski definition) is 2. The van der Waals surface area contributed by atoms with Gasteiger partial charge in [-0.2, -0.15) is 5.26 Å². The van der Waals surface area contributed by atoms with Crippen molar-refractivity contribution in [2.75, 3.05) is 5.32 Å². The largest absolute Gasteiger partial charge is 0.439 e. The Kier molecular flexibility index (Phi) is 2.99. The van der Waals surface area contributed by atoms with E-state index in [2.05, 4.69) is 5.32 Å². The number of anilines is 1. The van der Waals surface area contributed by atoms with Crippen LogP contribution in [0.15, 0.2) is 63.1 Å². The molecule has 0 saturated heterocycles. The molecule has 0 bridgehead atoms. The van der Waals surface area contributed by atoms with Crippen LogP contribution in [0, 0.1) is 17.1 Å². The molecule has 136 valence electrons. The Balaban J connectivity index is 2.03. The van der Waals surface area contributed by atoms with Crippen LogP contribution in [-0.2, 0) is 10.2 Å². The van der Waals surface area contributed by atoms with Crippen LogP contribution in [0.5, 0.6) is 5.75 Å². The maximum Gasteiger partial charge on any atom is 0.345 e. The third-order valence-corrected chi connectivity index (χ3v) is 5.06. The van der Waals surface area contributed by atoms with E-state index in [1.54, 1.807) is 24.3 Å². The summed E-state index contributed by atoms with van der Waals surface area (Å²) in [6.07, 6.45) is 0. The lowest BCUT2D eigenvalue weighted by molar-refractivity contribution is -0.118. The third-order valence-electron chi connectivity index (χ3n) is 5.06. The van der Waals surface area contributed by atoms with E-state index in [9.17, 15) is 19.2 Å². The highest BCUT2D eigenvalue weighted by Crippen LogP contribution is 2.53. The lowest BCUT2D eigenvalue weighted by Gasteiger charge is -2.32. The van der Waals surface area contributed by atoms with Crippen LogP contribution in [0.4, 0.5) is 10.1 Å². The van der Waals surface area contributed by atoms with Gasteiger partial charge in [-0.05, 0) is 30.3 Å². The van der Waals surface area contributed by atoms with Gasteiger partial charge in [0, 0.05) is 11.3 Å². The average molecular weight is 375 g/mol. The molecule has 2 aromatic carbocycles. The summed E-state index contributed by atoms with van der Waals surface area (Å²) in [6.45, 7) is 0. The number of amides is 1. The molecule has 28 heavy (non-hydrogen) atoms. The van der Waals surface area contributed by atoms with Crippen molar-refractivity contribution >= 4 is 22.6 Å².